The number of carbonyl (C=O) groups is 2. The van der Waals surface area contributed by atoms with E-state index in [1.165, 1.54) is 25.3 Å². The summed E-state index contributed by atoms with van der Waals surface area (Å²) in [6.45, 7) is 1.95. The third kappa shape index (κ3) is 2.38. The van der Waals surface area contributed by atoms with Gasteiger partial charge in [0.2, 0.25) is 0 Å². The Bertz CT molecular complexity index is 515. The second-order valence-electron chi connectivity index (χ2n) is 3.74. The molecule has 1 aliphatic heterocycles. The topological polar surface area (TPSA) is 85.3 Å². The van der Waals surface area contributed by atoms with Crippen molar-refractivity contribution in [3.8, 4) is 5.75 Å². The van der Waals surface area contributed by atoms with E-state index < -0.39 is 18.2 Å². The van der Waals surface area contributed by atoms with Crippen molar-refractivity contribution in [2.24, 2.45) is 0 Å². The van der Waals surface area contributed by atoms with Crippen LogP contribution in [-0.2, 0) is 14.3 Å². The smallest absolute Gasteiger partial charge is 0.338 e. The number of hydroxylamine groups is 1. The molecule has 1 amide bonds. The maximum absolute atomic E-state index is 11.6. The lowest BCUT2D eigenvalue weighted by Gasteiger charge is -2.29. The number of nitrogens with zero attached hydrogens (tertiary/aromatic N) is 1. The lowest BCUT2D eigenvalue weighted by atomic mass is 10.1. The molecule has 0 radical (unpaired) electrons. The van der Waals surface area contributed by atoms with E-state index in [2.05, 4.69) is 0 Å². The van der Waals surface area contributed by atoms with Crippen LogP contribution in [0, 0.1) is 0 Å². The largest absolute Gasteiger partial charge is 0.462 e. The summed E-state index contributed by atoms with van der Waals surface area (Å²) in [5, 5.41) is 10.1. The number of amides is 1. The van der Waals surface area contributed by atoms with E-state index in [4.69, 9.17) is 14.2 Å². The molecule has 0 aliphatic carbocycles. The molecule has 0 aromatic heterocycles. The number of anilines is 1. The molecule has 1 aromatic carbocycles. The Balaban J connectivity index is 2.35. The minimum atomic E-state index is -1.24. The second kappa shape index (κ2) is 5.25. The van der Waals surface area contributed by atoms with Crippen molar-refractivity contribution >= 4 is 17.6 Å². The molecule has 1 atom stereocenters. The molecule has 0 bridgehead atoms. The van der Waals surface area contributed by atoms with Crippen molar-refractivity contribution < 1.29 is 29.0 Å². The average Bonchev–Trinajstić information content (AvgIpc) is 2.42. The molecule has 7 nitrogen and oxygen atoms in total. The van der Waals surface area contributed by atoms with E-state index in [1.54, 1.807) is 6.92 Å². The molecule has 1 unspecified atom stereocenters. The first-order valence-electron chi connectivity index (χ1n) is 5.62. The summed E-state index contributed by atoms with van der Waals surface area (Å²) < 4.78 is 14.9. The predicted molar refractivity (Wildman–Crippen MR) is 63.1 cm³/mol. The quantitative estimate of drug-likeness (QED) is 0.648. The van der Waals surface area contributed by atoms with E-state index in [0.29, 0.717) is 5.06 Å². The zero-order valence-corrected chi connectivity index (χ0v) is 10.5. The summed E-state index contributed by atoms with van der Waals surface area (Å²) in [6, 6.07) is 4.21. The molecule has 1 aliphatic rings. The lowest BCUT2D eigenvalue weighted by Crippen LogP contribution is -2.45. The standard InChI is InChI=1S/C12H13NO6/c1-3-18-11(15)7-4-5-8-9(6-7)19-12(17-2)10(14)13(8)16/h4-6,12,16H,3H2,1-2H3. The molecule has 0 fully saturated rings. The maximum Gasteiger partial charge on any atom is 0.338 e. The minimum absolute atomic E-state index is 0.145. The fourth-order valence-electron chi connectivity index (χ4n) is 1.66. The molecule has 1 aromatic rings. The Labute approximate surface area is 109 Å². The molecule has 0 saturated heterocycles. The zero-order chi connectivity index (χ0) is 14.0. The van der Waals surface area contributed by atoms with Crippen LogP contribution in [0.2, 0.25) is 0 Å². The van der Waals surface area contributed by atoms with Crippen molar-refractivity contribution in [1.82, 2.24) is 0 Å². The Morgan fingerprint density at radius 1 is 1.53 bits per heavy atom. The number of carbonyl (C=O) groups excluding carboxylic acids is 2. The molecule has 19 heavy (non-hydrogen) atoms. The first-order chi connectivity index (χ1) is 9.08. The molecular formula is C12H13NO6. The summed E-state index contributed by atoms with van der Waals surface area (Å²) >= 11 is 0. The molecule has 1 heterocycles. The van der Waals surface area contributed by atoms with Crippen LogP contribution in [0.25, 0.3) is 0 Å². The Morgan fingerprint density at radius 2 is 2.26 bits per heavy atom. The second-order valence-corrected chi connectivity index (χ2v) is 3.74. The number of fused-ring (bicyclic) bond motifs is 1. The fraction of sp³-hybridized carbons (Fsp3) is 0.333. The summed E-state index contributed by atoms with van der Waals surface area (Å²) in [6.07, 6.45) is -1.24. The molecule has 0 spiro atoms. The van der Waals surface area contributed by atoms with Gasteiger partial charge >= 0.3 is 11.9 Å². The molecule has 2 rings (SSSR count). The van der Waals surface area contributed by atoms with Gasteiger partial charge in [0, 0.05) is 7.11 Å². The van der Waals surface area contributed by atoms with Gasteiger partial charge in [0.05, 0.1) is 12.2 Å². The molecule has 0 saturated carbocycles. The van der Waals surface area contributed by atoms with Crippen LogP contribution in [-0.4, -0.2) is 37.1 Å². The summed E-state index contributed by atoms with van der Waals surface area (Å²) in [7, 11) is 1.27. The number of esters is 1. The average molecular weight is 267 g/mol. The Kier molecular flexibility index (Phi) is 3.68. The van der Waals surface area contributed by atoms with Gasteiger partial charge in [-0.1, -0.05) is 0 Å². The van der Waals surface area contributed by atoms with E-state index in [1.807, 2.05) is 0 Å². The molecule has 7 heteroatoms. The maximum atomic E-state index is 11.6. The molecular weight excluding hydrogens is 254 g/mol. The number of hydrogen-bond acceptors (Lipinski definition) is 6. The first kappa shape index (κ1) is 13.3. The summed E-state index contributed by atoms with van der Waals surface area (Å²) in [5.41, 5.74) is 0.407. The van der Waals surface area contributed by atoms with Crippen molar-refractivity contribution in [2.75, 3.05) is 18.8 Å². The van der Waals surface area contributed by atoms with Gasteiger partial charge in [0.15, 0.2) is 5.75 Å². The van der Waals surface area contributed by atoms with E-state index in [-0.39, 0.29) is 23.6 Å². The van der Waals surface area contributed by atoms with Crippen LogP contribution in [0.3, 0.4) is 0 Å². The SMILES string of the molecule is CCOC(=O)c1ccc2c(c1)OC(OC)C(=O)N2O. The predicted octanol–water partition coefficient (Wildman–Crippen LogP) is 0.950. The molecule has 1 N–H and O–H groups in total. The van der Waals surface area contributed by atoms with Crippen molar-refractivity contribution in [3.63, 3.8) is 0 Å². The van der Waals surface area contributed by atoms with Crippen molar-refractivity contribution in [1.29, 1.82) is 0 Å². The van der Waals surface area contributed by atoms with Crippen molar-refractivity contribution in [3.05, 3.63) is 23.8 Å². The summed E-state index contributed by atoms with van der Waals surface area (Å²) in [4.78, 5) is 23.2. The van der Waals surface area contributed by atoms with E-state index >= 15 is 0 Å². The van der Waals surface area contributed by atoms with Crippen LogP contribution in [0.15, 0.2) is 18.2 Å². The third-order valence-electron chi connectivity index (χ3n) is 2.56. The van der Waals surface area contributed by atoms with Gasteiger partial charge in [-0.15, -0.1) is 0 Å². The van der Waals surface area contributed by atoms with Gasteiger partial charge in [0.1, 0.15) is 5.69 Å². The van der Waals surface area contributed by atoms with Crippen LogP contribution < -0.4 is 9.80 Å². The highest BCUT2D eigenvalue weighted by molar-refractivity contribution is 5.98. The molecule has 102 valence electrons. The van der Waals surface area contributed by atoms with Gasteiger partial charge in [-0.25, -0.2) is 4.79 Å². The Morgan fingerprint density at radius 3 is 2.89 bits per heavy atom. The third-order valence-corrected chi connectivity index (χ3v) is 2.56. The van der Waals surface area contributed by atoms with E-state index in [9.17, 15) is 14.8 Å². The van der Waals surface area contributed by atoms with Gasteiger partial charge in [0.25, 0.3) is 6.29 Å². The van der Waals surface area contributed by atoms with Crippen LogP contribution >= 0.6 is 0 Å². The van der Waals surface area contributed by atoms with Crippen LogP contribution in [0.4, 0.5) is 5.69 Å². The first-order valence-corrected chi connectivity index (χ1v) is 5.62. The number of methoxy groups -OCH3 is 1. The van der Waals surface area contributed by atoms with Gasteiger partial charge in [-0.05, 0) is 25.1 Å². The summed E-state index contributed by atoms with van der Waals surface area (Å²) in [5.74, 6) is -1.08. The minimum Gasteiger partial charge on any atom is -0.462 e. The van der Waals surface area contributed by atoms with Gasteiger partial charge in [-0.3, -0.25) is 10.0 Å². The van der Waals surface area contributed by atoms with Crippen LogP contribution in [0.5, 0.6) is 5.75 Å². The zero-order valence-electron chi connectivity index (χ0n) is 10.5. The van der Waals surface area contributed by atoms with Crippen molar-refractivity contribution in [2.45, 2.75) is 13.2 Å². The highest BCUT2D eigenvalue weighted by atomic mass is 16.7. The number of ether oxygens (including phenoxy) is 3. The van der Waals surface area contributed by atoms with Gasteiger partial charge in [-0.2, -0.15) is 5.06 Å². The fourth-order valence-corrected chi connectivity index (χ4v) is 1.66. The van der Waals surface area contributed by atoms with Gasteiger partial charge < -0.3 is 14.2 Å². The monoisotopic (exact) mass is 267 g/mol. The number of hydrogen-bond donors (Lipinski definition) is 1. The van der Waals surface area contributed by atoms with E-state index in [0.717, 1.165) is 0 Å². The Hall–Kier alpha value is -2.12. The lowest BCUT2D eigenvalue weighted by molar-refractivity contribution is -0.153. The highest BCUT2D eigenvalue weighted by Gasteiger charge is 2.34. The normalized spacial score (nSPS) is 17.7. The highest BCUT2D eigenvalue weighted by Crippen LogP contribution is 2.34. The number of rotatable bonds is 3. The van der Waals surface area contributed by atoms with Crippen LogP contribution in [0.1, 0.15) is 17.3 Å². The number of benzene rings is 1.